The van der Waals surface area contributed by atoms with Crippen molar-refractivity contribution in [2.45, 2.75) is 19.3 Å². The highest BCUT2D eigenvalue weighted by Gasteiger charge is 2.35. The minimum Gasteiger partial charge on any atom is -0.292 e. The Morgan fingerprint density at radius 2 is 1.27 bits per heavy atom. The molecule has 1 aliphatic carbocycles. The monoisotopic (exact) mass is 510 g/mol. The van der Waals surface area contributed by atoms with E-state index < -0.39 is 0 Å². The molecule has 0 fully saturated rings. The van der Waals surface area contributed by atoms with Crippen LogP contribution in [0.3, 0.4) is 0 Å². The standard InChI is InChI=1S/C38H26N2/c1-38(2)31-12-6-5-11-27(31)28-18-16-24(21-32(28)38)25-17-19-29-35(22-25)40-34-14-8-7-13-33(34)39-37(40)30-20-15-23-9-3-4-10-26(23)36(29)30/h3-22H,1-2H3. The van der Waals surface area contributed by atoms with Crippen LogP contribution in [0.25, 0.3) is 71.4 Å². The van der Waals surface area contributed by atoms with Crippen LogP contribution in [0, 0.1) is 0 Å². The maximum Gasteiger partial charge on any atom is 0.146 e. The number of nitrogens with zero attached hydrogens (tertiary/aromatic N) is 2. The summed E-state index contributed by atoms with van der Waals surface area (Å²) in [4.78, 5) is 5.15. The van der Waals surface area contributed by atoms with Gasteiger partial charge in [0.05, 0.1) is 16.6 Å². The third-order valence-electron chi connectivity index (χ3n) is 9.16. The van der Waals surface area contributed by atoms with Crippen LogP contribution in [0.4, 0.5) is 0 Å². The molecule has 0 unspecified atom stereocenters. The van der Waals surface area contributed by atoms with E-state index in [1.54, 1.807) is 0 Å². The van der Waals surface area contributed by atoms with E-state index in [4.69, 9.17) is 4.98 Å². The molecule has 2 nitrogen and oxygen atoms in total. The number of rotatable bonds is 1. The number of pyridine rings is 1. The summed E-state index contributed by atoms with van der Waals surface area (Å²) in [5.41, 5.74) is 12.3. The Kier molecular flexibility index (Phi) is 4.15. The molecule has 0 bridgehead atoms. The van der Waals surface area contributed by atoms with Crippen molar-refractivity contribution in [1.82, 2.24) is 9.38 Å². The predicted octanol–water partition coefficient (Wildman–Crippen LogP) is 9.92. The fourth-order valence-electron chi connectivity index (χ4n) is 7.19. The first-order valence-corrected chi connectivity index (χ1v) is 14.0. The lowest BCUT2D eigenvalue weighted by molar-refractivity contribution is 0.660. The molecule has 0 N–H and O–H groups in total. The molecule has 2 heterocycles. The topological polar surface area (TPSA) is 17.3 Å². The summed E-state index contributed by atoms with van der Waals surface area (Å²) in [5, 5.41) is 6.23. The second kappa shape index (κ2) is 7.58. The third kappa shape index (κ3) is 2.75. The maximum absolute atomic E-state index is 5.15. The Morgan fingerprint density at radius 3 is 2.23 bits per heavy atom. The van der Waals surface area contributed by atoms with Crippen LogP contribution in [-0.2, 0) is 5.41 Å². The van der Waals surface area contributed by atoms with Gasteiger partial charge in [-0.1, -0.05) is 105 Å². The number of hydrogen-bond donors (Lipinski definition) is 0. The number of imidazole rings is 1. The average molecular weight is 511 g/mol. The van der Waals surface area contributed by atoms with E-state index >= 15 is 0 Å². The highest BCUT2D eigenvalue weighted by Crippen LogP contribution is 2.49. The number of benzene rings is 6. The van der Waals surface area contributed by atoms with E-state index in [2.05, 4.69) is 140 Å². The van der Waals surface area contributed by atoms with Crippen LogP contribution in [-0.4, -0.2) is 9.38 Å². The van der Waals surface area contributed by atoms with Gasteiger partial charge in [-0.3, -0.25) is 4.40 Å². The molecule has 8 aromatic rings. The molecule has 2 aromatic heterocycles. The largest absolute Gasteiger partial charge is 0.292 e. The van der Waals surface area contributed by atoms with Gasteiger partial charge < -0.3 is 0 Å². The molecule has 9 rings (SSSR count). The minimum absolute atomic E-state index is 0.0261. The van der Waals surface area contributed by atoms with Crippen molar-refractivity contribution >= 4 is 49.1 Å². The molecule has 0 spiro atoms. The quantitative estimate of drug-likeness (QED) is 0.201. The van der Waals surface area contributed by atoms with Crippen molar-refractivity contribution in [3.05, 3.63) is 132 Å². The van der Waals surface area contributed by atoms with Crippen LogP contribution in [0.2, 0.25) is 0 Å². The Morgan fingerprint density at radius 1 is 0.550 bits per heavy atom. The normalized spacial score (nSPS) is 13.9. The van der Waals surface area contributed by atoms with E-state index in [-0.39, 0.29) is 5.41 Å². The predicted molar refractivity (Wildman–Crippen MR) is 168 cm³/mol. The molecular weight excluding hydrogens is 484 g/mol. The zero-order valence-corrected chi connectivity index (χ0v) is 22.4. The van der Waals surface area contributed by atoms with Gasteiger partial charge in [0.2, 0.25) is 0 Å². The highest BCUT2D eigenvalue weighted by atomic mass is 15.0. The van der Waals surface area contributed by atoms with Gasteiger partial charge in [-0.15, -0.1) is 0 Å². The van der Waals surface area contributed by atoms with E-state index in [9.17, 15) is 0 Å². The second-order valence-corrected chi connectivity index (χ2v) is 11.6. The van der Waals surface area contributed by atoms with Gasteiger partial charge in [0.1, 0.15) is 5.65 Å². The third-order valence-corrected chi connectivity index (χ3v) is 9.16. The van der Waals surface area contributed by atoms with Crippen LogP contribution in [0.5, 0.6) is 0 Å². The van der Waals surface area contributed by atoms with Crippen molar-refractivity contribution in [3.63, 3.8) is 0 Å². The van der Waals surface area contributed by atoms with Gasteiger partial charge in [0.25, 0.3) is 0 Å². The molecule has 0 amide bonds. The lowest BCUT2D eigenvalue weighted by atomic mass is 9.81. The van der Waals surface area contributed by atoms with Crippen molar-refractivity contribution in [2.75, 3.05) is 0 Å². The fraction of sp³-hybridized carbons (Fsp3) is 0.0789. The molecule has 188 valence electrons. The molecule has 40 heavy (non-hydrogen) atoms. The zero-order chi connectivity index (χ0) is 26.6. The summed E-state index contributed by atoms with van der Waals surface area (Å²) >= 11 is 0. The Hall–Kier alpha value is -4.95. The van der Waals surface area contributed by atoms with Gasteiger partial charge in [-0.05, 0) is 74.5 Å². The molecule has 0 aliphatic heterocycles. The van der Waals surface area contributed by atoms with E-state index in [1.165, 1.54) is 65.8 Å². The van der Waals surface area contributed by atoms with Crippen LogP contribution in [0.15, 0.2) is 121 Å². The number of fused-ring (bicyclic) bond motifs is 13. The Balaban J connectivity index is 1.38. The van der Waals surface area contributed by atoms with E-state index in [0.717, 1.165) is 16.7 Å². The van der Waals surface area contributed by atoms with Gasteiger partial charge in [-0.2, -0.15) is 0 Å². The molecule has 0 saturated heterocycles. The summed E-state index contributed by atoms with van der Waals surface area (Å²) in [6, 6.07) is 44.5. The minimum atomic E-state index is -0.0261. The van der Waals surface area contributed by atoms with E-state index in [0.29, 0.717) is 0 Å². The number of hydrogen-bond acceptors (Lipinski definition) is 1. The summed E-state index contributed by atoms with van der Waals surface area (Å²) in [7, 11) is 0. The second-order valence-electron chi connectivity index (χ2n) is 11.6. The van der Waals surface area contributed by atoms with Crippen molar-refractivity contribution < 1.29 is 0 Å². The number of para-hydroxylation sites is 2. The van der Waals surface area contributed by atoms with Crippen molar-refractivity contribution in [1.29, 1.82) is 0 Å². The van der Waals surface area contributed by atoms with E-state index in [1.807, 2.05) is 0 Å². The molecule has 0 radical (unpaired) electrons. The molecule has 2 heteroatoms. The maximum atomic E-state index is 5.15. The Labute approximate surface area is 232 Å². The molecule has 0 saturated carbocycles. The Bertz CT molecular complexity index is 2350. The SMILES string of the molecule is CC1(C)c2ccccc2-c2ccc(-c3ccc4c5c6ccccc6ccc5c5nc6ccccc6n5c4c3)cc21. The van der Waals surface area contributed by atoms with Crippen molar-refractivity contribution in [3.8, 4) is 22.3 Å². The zero-order valence-electron chi connectivity index (χ0n) is 22.4. The molecule has 6 aromatic carbocycles. The lowest BCUT2D eigenvalue weighted by Gasteiger charge is -2.22. The molecule has 0 atom stereocenters. The first-order valence-electron chi connectivity index (χ1n) is 14.0. The fourth-order valence-corrected chi connectivity index (χ4v) is 7.19. The van der Waals surface area contributed by atoms with Crippen molar-refractivity contribution in [2.24, 2.45) is 0 Å². The first-order chi connectivity index (χ1) is 19.6. The van der Waals surface area contributed by atoms with Gasteiger partial charge in [0, 0.05) is 21.6 Å². The summed E-state index contributed by atoms with van der Waals surface area (Å²) < 4.78 is 2.36. The summed E-state index contributed by atoms with van der Waals surface area (Å²) in [6.45, 7) is 4.69. The van der Waals surface area contributed by atoms with Gasteiger partial charge in [0.15, 0.2) is 0 Å². The first kappa shape index (κ1) is 21.9. The van der Waals surface area contributed by atoms with Crippen LogP contribution >= 0.6 is 0 Å². The average Bonchev–Trinajstić information content (AvgIpc) is 3.50. The summed E-state index contributed by atoms with van der Waals surface area (Å²) in [5.74, 6) is 0. The van der Waals surface area contributed by atoms with Crippen LogP contribution < -0.4 is 0 Å². The molecule has 1 aliphatic rings. The lowest BCUT2D eigenvalue weighted by Crippen LogP contribution is -2.14. The van der Waals surface area contributed by atoms with Gasteiger partial charge >= 0.3 is 0 Å². The van der Waals surface area contributed by atoms with Crippen LogP contribution in [0.1, 0.15) is 25.0 Å². The summed E-state index contributed by atoms with van der Waals surface area (Å²) in [6.07, 6.45) is 0. The number of aromatic nitrogens is 2. The highest BCUT2D eigenvalue weighted by molar-refractivity contribution is 6.24. The van der Waals surface area contributed by atoms with Gasteiger partial charge in [-0.25, -0.2) is 4.98 Å². The smallest absolute Gasteiger partial charge is 0.146 e. The molecular formula is C38H26N2.